The van der Waals surface area contributed by atoms with E-state index in [0.29, 0.717) is 11.3 Å². The smallest absolute Gasteiger partial charge is 0.248 e. The molecule has 2 amide bonds. The van der Waals surface area contributed by atoms with Crippen LogP contribution in [0.5, 0.6) is 0 Å². The Kier molecular flexibility index (Phi) is 5.52. The molecule has 0 bridgehead atoms. The third-order valence-electron chi connectivity index (χ3n) is 3.75. The van der Waals surface area contributed by atoms with Gasteiger partial charge in [0.25, 0.3) is 0 Å². The molecule has 0 aliphatic carbocycles. The number of nitriles is 1. The first kappa shape index (κ1) is 17.5. The van der Waals surface area contributed by atoms with Gasteiger partial charge < -0.3 is 16.4 Å². The van der Waals surface area contributed by atoms with Gasteiger partial charge in [0.2, 0.25) is 11.8 Å². The molecular formula is C16H22N4O2. The maximum absolute atomic E-state index is 12.0. The zero-order valence-electron chi connectivity index (χ0n) is 13.4. The van der Waals surface area contributed by atoms with Gasteiger partial charge in [-0.05, 0) is 37.5 Å². The van der Waals surface area contributed by atoms with E-state index in [9.17, 15) is 14.9 Å². The van der Waals surface area contributed by atoms with Crippen LogP contribution in [0.1, 0.15) is 36.7 Å². The Balaban J connectivity index is 2.75. The van der Waals surface area contributed by atoms with Crippen molar-refractivity contribution >= 4 is 17.5 Å². The summed E-state index contributed by atoms with van der Waals surface area (Å²) in [5.41, 5.74) is 6.26. The van der Waals surface area contributed by atoms with Crippen molar-refractivity contribution < 1.29 is 9.59 Å². The third-order valence-corrected chi connectivity index (χ3v) is 3.75. The fraction of sp³-hybridized carbons (Fsp3) is 0.438. The summed E-state index contributed by atoms with van der Waals surface area (Å²) in [7, 11) is 0. The zero-order chi connectivity index (χ0) is 16.9. The quantitative estimate of drug-likeness (QED) is 0.741. The lowest BCUT2D eigenvalue weighted by Crippen LogP contribution is -2.50. The number of amides is 2. The van der Waals surface area contributed by atoms with Crippen LogP contribution in [0.3, 0.4) is 0 Å². The summed E-state index contributed by atoms with van der Waals surface area (Å²) in [5.74, 6) is -0.827. The van der Waals surface area contributed by atoms with E-state index in [4.69, 9.17) is 5.73 Å². The summed E-state index contributed by atoms with van der Waals surface area (Å²) in [6.45, 7) is 7.30. The second-order valence-corrected chi connectivity index (χ2v) is 5.76. The van der Waals surface area contributed by atoms with Crippen molar-refractivity contribution in [3.8, 4) is 6.07 Å². The Morgan fingerprint density at radius 1 is 1.41 bits per heavy atom. The van der Waals surface area contributed by atoms with Gasteiger partial charge >= 0.3 is 0 Å². The Morgan fingerprint density at radius 3 is 2.55 bits per heavy atom. The molecule has 0 aliphatic heterocycles. The van der Waals surface area contributed by atoms with Crippen molar-refractivity contribution in [1.82, 2.24) is 5.32 Å². The number of nitrogens with zero attached hydrogens (tertiary/aromatic N) is 1. The van der Waals surface area contributed by atoms with E-state index >= 15 is 0 Å². The number of primary amides is 1. The van der Waals surface area contributed by atoms with E-state index in [1.54, 1.807) is 25.1 Å². The van der Waals surface area contributed by atoms with Crippen LogP contribution in [0.15, 0.2) is 18.2 Å². The zero-order valence-corrected chi connectivity index (χ0v) is 13.4. The SMILES string of the molecule is Cc1ccc(C(N)=O)cc1NCC(=O)NC(C)(C#N)C(C)C. The predicted molar refractivity (Wildman–Crippen MR) is 85.2 cm³/mol. The monoisotopic (exact) mass is 302 g/mol. The number of benzene rings is 1. The average Bonchev–Trinajstić information content (AvgIpc) is 2.45. The lowest BCUT2D eigenvalue weighted by molar-refractivity contribution is -0.121. The van der Waals surface area contributed by atoms with E-state index in [2.05, 4.69) is 16.7 Å². The molecule has 0 fully saturated rings. The summed E-state index contributed by atoms with van der Waals surface area (Å²) in [5, 5.41) is 14.9. The normalized spacial score (nSPS) is 13.1. The van der Waals surface area contributed by atoms with Crippen molar-refractivity contribution in [2.75, 3.05) is 11.9 Å². The second-order valence-electron chi connectivity index (χ2n) is 5.76. The van der Waals surface area contributed by atoms with Crippen molar-refractivity contribution in [2.24, 2.45) is 11.7 Å². The number of nitrogens with two attached hydrogens (primary N) is 1. The number of carbonyl (C=O) groups excluding carboxylic acids is 2. The molecule has 1 aromatic carbocycles. The van der Waals surface area contributed by atoms with Gasteiger partial charge in [0.1, 0.15) is 5.54 Å². The van der Waals surface area contributed by atoms with E-state index < -0.39 is 11.4 Å². The van der Waals surface area contributed by atoms with Crippen LogP contribution in [0, 0.1) is 24.2 Å². The first-order valence-electron chi connectivity index (χ1n) is 7.06. The maximum Gasteiger partial charge on any atom is 0.248 e. The van der Waals surface area contributed by atoms with Crippen molar-refractivity contribution in [3.63, 3.8) is 0 Å². The highest BCUT2D eigenvalue weighted by Gasteiger charge is 2.29. The van der Waals surface area contributed by atoms with Gasteiger partial charge in [-0.25, -0.2) is 0 Å². The molecule has 0 aromatic heterocycles. The minimum absolute atomic E-state index is 0.00699. The Labute approximate surface area is 130 Å². The number of nitrogens with one attached hydrogen (secondary N) is 2. The lowest BCUT2D eigenvalue weighted by Gasteiger charge is -2.27. The standard InChI is InChI=1S/C16H22N4O2/c1-10(2)16(4,9-17)20-14(21)8-19-13-7-12(15(18)22)6-5-11(13)3/h5-7,10,19H,8H2,1-4H3,(H2,18,22)(H,20,21). The second kappa shape index (κ2) is 6.94. The number of hydrogen-bond donors (Lipinski definition) is 3. The molecule has 4 N–H and O–H groups in total. The highest BCUT2D eigenvalue weighted by Crippen LogP contribution is 2.17. The molecule has 0 spiro atoms. The minimum Gasteiger partial charge on any atom is -0.376 e. The van der Waals surface area contributed by atoms with Crippen LogP contribution >= 0.6 is 0 Å². The summed E-state index contributed by atoms with van der Waals surface area (Å²) in [6.07, 6.45) is 0. The third kappa shape index (κ3) is 4.22. The molecular weight excluding hydrogens is 280 g/mol. The van der Waals surface area contributed by atoms with Crippen LogP contribution in [0.25, 0.3) is 0 Å². The van der Waals surface area contributed by atoms with Crippen molar-refractivity contribution in [3.05, 3.63) is 29.3 Å². The summed E-state index contributed by atoms with van der Waals surface area (Å²) >= 11 is 0. The molecule has 1 rings (SSSR count). The fourth-order valence-electron chi connectivity index (χ4n) is 1.78. The summed E-state index contributed by atoms with van der Waals surface area (Å²) in [6, 6.07) is 7.12. The minimum atomic E-state index is -0.914. The summed E-state index contributed by atoms with van der Waals surface area (Å²) in [4.78, 5) is 23.2. The Hall–Kier alpha value is -2.55. The Bertz CT molecular complexity index is 619. The fourth-order valence-corrected chi connectivity index (χ4v) is 1.78. The topological polar surface area (TPSA) is 108 Å². The molecule has 0 heterocycles. The number of rotatable bonds is 6. The van der Waals surface area contributed by atoms with Crippen LogP contribution in [-0.2, 0) is 4.79 Å². The van der Waals surface area contributed by atoms with Crippen LogP contribution < -0.4 is 16.4 Å². The van der Waals surface area contributed by atoms with Gasteiger partial charge in [0.15, 0.2) is 0 Å². The van der Waals surface area contributed by atoms with E-state index in [1.807, 2.05) is 20.8 Å². The Morgan fingerprint density at radius 2 is 2.05 bits per heavy atom. The highest BCUT2D eigenvalue weighted by atomic mass is 16.2. The molecule has 6 nitrogen and oxygen atoms in total. The molecule has 22 heavy (non-hydrogen) atoms. The predicted octanol–water partition coefficient (Wildman–Crippen LogP) is 1.56. The number of aryl methyl sites for hydroxylation is 1. The molecule has 118 valence electrons. The van der Waals surface area contributed by atoms with Gasteiger partial charge in [-0.15, -0.1) is 0 Å². The van der Waals surface area contributed by atoms with Crippen molar-refractivity contribution in [2.45, 2.75) is 33.2 Å². The van der Waals surface area contributed by atoms with Gasteiger partial charge in [0.05, 0.1) is 12.6 Å². The van der Waals surface area contributed by atoms with Gasteiger partial charge in [-0.1, -0.05) is 19.9 Å². The van der Waals surface area contributed by atoms with Gasteiger partial charge in [-0.3, -0.25) is 9.59 Å². The molecule has 1 aromatic rings. The first-order chi connectivity index (χ1) is 10.2. The van der Waals surface area contributed by atoms with Crippen LogP contribution in [0.4, 0.5) is 5.69 Å². The van der Waals surface area contributed by atoms with E-state index in [-0.39, 0.29) is 18.4 Å². The molecule has 1 atom stereocenters. The summed E-state index contributed by atoms with van der Waals surface area (Å²) < 4.78 is 0. The van der Waals surface area contributed by atoms with Crippen LogP contribution in [0.2, 0.25) is 0 Å². The first-order valence-corrected chi connectivity index (χ1v) is 7.06. The van der Waals surface area contributed by atoms with Gasteiger partial charge in [-0.2, -0.15) is 5.26 Å². The van der Waals surface area contributed by atoms with Crippen LogP contribution in [-0.4, -0.2) is 23.9 Å². The van der Waals surface area contributed by atoms with E-state index in [1.165, 1.54) is 0 Å². The highest BCUT2D eigenvalue weighted by molar-refractivity contribution is 5.94. The molecule has 0 saturated heterocycles. The lowest BCUT2D eigenvalue weighted by atomic mass is 9.90. The number of anilines is 1. The molecule has 0 saturated carbocycles. The molecule has 6 heteroatoms. The molecule has 1 unspecified atom stereocenters. The largest absolute Gasteiger partial charge is 0.376 e. The van der Waals surface area contributed by atoms with E-state index in [0.717, 1.165) is 5.56 Å². The molecule has 0 radical (unpaired) electrons. The average molecular weight is 302 g/mol. The van der Waals surface area contributed by atoms with Crippen molar-refractivity contribution in [1.29, 1.82) is 5.26 Å². The maximum atomic E-state index is 12.0. The number of carbonyl (C=O) groups is 2. The van der Waals surface area contributed by atoms with Gasteiger partial charge in [0, 0.05) is 11.3 Å². The molecule has 0 aliphatic rings. The number of hydrogen-bond acceptors (Lipinski definition) is 4.